The number of rotatable bonds is 5. The van der Waals surface area contributed by atoms with Gasteiger partial charge in [0.25, 0.3) is 11.6 Å². The monoisotopic (exact) mass is 349 g/mol. The van der Waals surface area contributed by atoms with Crippen molar-refractivity contribution < 1.29 is 19.2 Å². The summed E-state index contributed by atoms with van der Waals surface area (Å²) in [5.74, 6) is -0.645. The standard InChI is InChI=1S/C17H23N3O5/c1-12-5-4-8-19(10-12)14-7-6-13(9-15(14)20(23)24)17(22)25-11-16(21)18(2)3/h6-7,9,12H,4-5,8,10-11H2,1-3H3/t12-/m0/s1. The average Bonchev–Trinajstić information content (AvgIpc) is 2.58. The Bertz CT molecular complexity index is 674. The molecule has 1 aliphatic rings. The molecule has 25 heavy (non-hydrogen) atoms. The number of nitrogens with zero attached hydrogens (tertiary/aromatic N) is 3. The fraction of sp³-hybridized carbons (Fsp3) is 0.529. The first kappa shape index (κ1) is 18.7. The molecule has 1 amide bonds. The summed E-state index contributed by atoms with van der Waals surface area (Å²) in [4.78, 5) is 37.8. The summed E-state index contributed by atoms with van der Waals surface area (Å²) in [5.41, 5.74) is 0.451. The van der Waals surface area contributed by atoms with Crippen molar-refractivity contribution in [3.05, 3.63) is 33.9 Å². The molecule has 2 rings (SSSR count). The van der Waals surface area contributed by atoms with Crippen molar-refractivity contribution in [3.63, 3.8) is 0 Å². The molecule has 0 aliphatic carbocycles. The van der Waals surface area contributed by atoms with E-state index < -0.39 is 17.5 Å². The number of esters is 1. The Hall–Kier alpha value is -2.64. The number of hydrogen-bond donors (Lipinski definition) is 0. The lowest BCUT2D eigenvalue weighted by molar-refractivity contribution is -0.384. The summed E-state index contributed by atoms with van der Waals surface area (Å²) in [5, 5.41) is 11.4. The van der Waals surface area contributed by atoms with Gasteiger partial charge in [-0.15, -0.1) is 0 Å². The number of anilines is 1. The lowest BCUT2D eigenvalue weighted by atomic mass is 9.99. The van der Waals surface area contributed by atoms with Crippen molar-refractivity contribution in [2.45, 2.75) is 19.8 Å². The Morgan fingerprint density at radius 3 is 2.72 bits per heavy atom. The zero-order valence-corrected chi connectivity index (χ0v) is 14.7. The molecule has 0 N–H and O–H groups in total. The highest BCUT2D eigenvalue weighted by Gasteiger charge is 2.25. The van der Waals surface area contributed by atoms with Gasteiger partial charge in [0.05, 0.1) is 10.5 Å². The van der Waals surface area contributed by atoms with Crippen molar-refractivity contribution in [3.8, 4) is 0 Å². The summed E-state index contributed by atoms with van der Waals surface area (Å²) in [6.45, 7) is 3.23. The number of benzene rings is 1. The zero-order chi connectivity index (χ0) is 18.6. The van der Waals surface area contributed by atoms with E-state index in [1.54, 1.807) is 20.2 Å². The van der Waals surface area contributed by atoms with E-state index in [0.717, 1.165) is 25.9 Å². The molecule has 8 nitrogen and oxygen atoms in total. The van der Waals surface area contributed by atoms with Gasteiger partial charge in [0.2, 0.25) is 0 Å². The summed E-state index contributed by atoms with van der Waals surface area (Å²) in [6, 6.07) is 4.31. The lowest BCUT2D eigenvalue weighted by Gasteiger charge is -2.32. The van der Waals surface area contributed by atoms with Crippen LogP contribution in [0.15, 0.2) is 18.2 Å². The van der Waals surface area contributed by atoms with E-state index in [2.05, 4.69) is 6.92 Å². The van der Waals surface area contributed by atoms with E-state index >= 15 is 0 Å². The van der Waals surface area contributed by atoms with E-state index in [-0.39, 0.29) is 17.2 Å². The van der Waals surface area contributed by atoms with Crippen LogP contribution in [0.1, 0.15) is 30.1 Å². The number of carbonyl (C=O) groups excluding carboxylic acids is 2. The van der Waals surface area contributed by atoms with Gasteiger partial charge in [-0.3, -0.25) is 14.9 Å². The van der Waals surface area contributed by atoms with Gasteiger partial charge in [0.15, 0.2) is 6.61 Å². The molecule has 0 unspecified atom stereocenters. The fourth-order valence-corrected chi connectivity index (χ4v) is 2.81. The van der Waals surface area contributed by atoms with Crippen LogP contribution in [0, 0.1) is 16.0 Å². The first-order valence-electron chi connectivity index (χ1n) is 8.20. The van der Waals surface area contributed by atoms with Gasteiger partial charge in [-0.2, -0.15) is 0 Å². The van der Waals surface area contributed by atoms with Gasteiger partial charge in [-0.1, -0.05) is 6.92 Å². The topological polar surface area (TPSA) is 93.0 Å². The summed E-state index contributed by atoms with van der Waals surface area (Å²) in [6.07, 6.45) is 2.09. The summed E-state index contributed by atoms with van der Waals surface area (Å²) in [7, 11) is 3.10. The van der Waals surface area contributed by atoms with Gasteiger partial charge in [-0.05, 0) is 30.9 Å². The zero-order valence-electron chi connectivity index (χ0n) is 14.7. The number of carbonyl (C=O) groups is 2. The maximum absolute atomic E-state index is 12.1. The summed E-state index contributed by atoms with van der Waals surface area (Å²) < 4.78 is 4.92. The minimum atomic E-state index is -0.753. The average molecular weight is 349 g/mol. The molecule has 1 atom stereocenters. The van der Waals surface area contributed by atoms with Crippen LogP contribution in [-0.4, -0.2) is 55.5 Å². The van der Waals surface area contributed by atoms with Crippen molar-refractivity contribution in [2.24, 2.45) is 5.92 Å². The predicted molar refractivity (Wildman–Crippen MR) is 92.7 cm³/mol. The smallest absolute Gasteiger partial charge is 0.338 e. The minimum Gasteiger partial charge on any atom is -0.452 e. The normalized spacial score (nSPS) is 17.1. The Kier molecular flexibility index (Phi) is 5.95. The molecule has 1 aliphatic heterocycles. The molecule has 1 fully saturated rings. The highest BCUT2D eigenvalue weighted by molar-refractivity contribution is 5.93. The van der Waals surface area contributed by atoms with Crippen LogP contribution in [0.5, 0.6) is 0 Å². The number of amides is 1. The predicted octanol–water partition coefficient (Wildman–Crippen LogP) is 2.08. The van der Waals surface area contributed by atoms with Crippen LogP contribution in [0.4, 0.5) is 11.4 Å². The molecule has 1 aromatic rings. The quantitative estimate of drug-likeness (QED) is 0.459. The third-order valence-electron chi connectivity index (χ3n) is 4.23. The molecule has 1 saturated heterocycles. The molecule has 136 valence electrons. The second-order valence-electron chi connectivity index (χ2n) is 6.52. The molecular weight excluding hydrogens is 326 g/mol. The number of ether oxygens (including phenoxy) is 1. The van der Waals surface area contributed by atoms with Gasteiger partial charge in [-0.25, -0.2) is 4.79 Å². The second-order valence-corrected chi connectivity index (χ2v) is 6.52. The first-order valence-corrected chi connectivity index (χ1v) is 8.20. The Morgan fingerprint density at radius 1 is 1.40 bits per heavy atom. The van der Waals surface area contributed by atoms with E-state index in [0.29, 0.717) is 11.6 Å². The van der Waals surface area contributed by atoms with Crippen molar-refractivity contribution in [2.75, 3.05) is 38.7 Å². The maximum Gasteiger partial charge on any atom is 0.338 e. The largest absolute Gasteiger partial charge is 0.452 e. The van der Waals surface area contributed by atoms with Gasteiger partial charge >= 0.3 is 5.97 Å². The van der Waals surface area contributed by atoms with Crippen LogP contribution in [0.25, 0.3) is 0 Å². The van der Waals surface area contributed by atoms with Crippen molar-refractivity contribution >= 4 is 23.3 Å². The molecule has 1 aromatic carbocycles. The molecular formula is C17H23N3O5. The highest BCUT2D eigenvalue weighted by atomic mass is 16.6. The molecule has 8 heteroatoms. The minimum absolute atomic E-state index is 0.0621. The highest BCUT2D eigenvalue weighted by Crippen LogP contribution is 2.32. The molecule has 0 spiro atoms. The fourth-order valence-electron chi connectivity index (χ4n) is 2.81. The van der Waals surface area contributed by atoms with Crippen molar-refractivity contribution in [1.29, 1.82) is 0 Å². The van der Waals surface area contributed by atoms with Gasteiger partial charge in [0.1, 0.15) is 5.69 Å². The third-order valence-corrected chi connectivity index (χ3v) is 4.23. The van der Waals surface area contributed by atoms with E-state index in [1.165, 1.54) is 17.0 Å². The number of nitro groups is 1. The van der Waals surface area contributed by atoms with E-state index in [9.17, 15) is 19.7 Å². The number of likely N-dealkylation sites (N-methyl/N-ethyl adjacent to an activating group) is 1. The van der Waals surface area contributed by atoms with Gasteiger partial charge in [0, 0.05) is 33.3 Å². The SMILES string of the molecule is C[C@H]1CCCN(c2ccc(C(=O)OCC(=O)N(C)C)cc2[N+](=O)[O-])C1. The Labute approximate surface area is 146 Å². The van der Waals surface area contributed by atoms with Crippen molar-refractivity contribution in [1.82, 2.24) is 4.90 Å². The maximum atomic E-state index is 12.1. The van der Waals surface area contributed by atoms with Crippen LogP contribution in [0.3, 0.4) is 0 Å². The number of nitro benzene ring substituents is 1. The van der Waals surface area contributed by atoms with Crippen LogP contribution in [-0.2, 0) is 9.53 Å². The molecule has 0 bridgehead atoms. The van der Waals surface area contributed by atoms with E-state index in [4.69, 9.17) is 4.74 Å². The number of piperidine rings is 1. The van der Waals surface area contributed by atoms with E-state index in [1.807, 2.05) is 4.90 Å². The molecule has 0 radical (unpaired) electrons. The molecule has 1 heterocycles. The van der Waals surface area contributed by atoms with Gasteiger partial charge < -0.3 is 14.5 Å². The Morgan fingerprint density at radius 2 is 2.12 bits per heavy atom. The molecule has 0 aromatic heterocycles. The third kappa shape index (κ3) is 4.68. The number of hydrogen-bond acceptors (Lipinski definition) is 6. The first-order chi connectivity index (χ1) is 11.8. The summed E-state index contributed by atoms with van der Waals surface area (Å²) >= 11 is 0. The Balaban J connectivity index is 2.19. The molecule has 0 saturated carbocycles. The van der Waals surface area contributed by atoms with Crippen LogP contribution >= 0.6 is 0 Å². The second kappa shape index (κ2) is 7.96. The van der Waals surface area contributed by atoms with Crippen LogP contribution in [0.2, 0.25) is 0 Å². The van der Waals surface area contributed by atoms with Crippen LogP contribution < -0.4 is 4.90 Å². The lowest BCUT2D eigenvalue weighted by Crippen LogP contribution is -2.34.